The molecule has 0 N–H and O–H groups in total. The summed E-state index contributed by atoms with van der Waals surface area (Å²) in [6.07, 6.45) is 1.62. The average molecular weight is 122 g/mol. The predicted molar refractivity (Wildman–Crippen MR) is 30.4 cm³/mol. The first-order valence-electron chi connectivity index (χ1n) is 2.56. The van der Waals surface area contributed by atoms with Gasteiger partial charge in [-0.15, -0.1) is 5.10 Å². The van der Waals surface area contributed by atoms with E-state index in [1.54, 1.807) is 10.9 Å². The van der Waals surface area contributed by atoms with Crippen LogP contribution >= 0.6 is 0 Å². The molecule has 4 heteroatoms. The quantitative estimate of drug-likeness (QED) is 0.531. The number of aryl methyl sites for hydroxylation is 1. The second-order valence-corrected chi connectivity index (χ2v) is 1.69. The molecule has 0 fully saturated rings. The van der Waals surface area contributed by atoms with Crippen LogP contribution in [0, 0.1) is 18.3 Å². The number of nitriles is 1. The van der Waals surface area contributed by atoms with Crippen LogP contribution in [-0.2, 0) is 6.54 Å². The van der Waals surface area contributed by atoms with E-state index in [9.17, 15) is 0 Å². The highest BCUT2D eigenvalue weighted by Gasteiger charge is 1.93. The van der Waals surface area contributed by atoms with E-state index in [2.05, 4.69) is 10.3 Å². The summed E-state index contributed by atoms with van der Waals surface area (Å²) in [6.45, 7) is 2.14. The van der Waals surface area contributed by atoms with E-state index >= 15 is 0 Å². The van der Waals surface area contributed by atoms with E-state index in [1.807, 2.05) is 13.0 Å². The van der Waals surface area contributed by atoms with Crippen LogP contribution in [0.4, 0.5) is 0 Å². The smallest absolute Gasteiger partial charge is 0.130 e. The second-order valence-electron chi connectivity index (χ2n) is 1.69. The number of rotatable bonds is 1. The Morgan fingerprint density at radius 1 is 1.89 bits per heavy atom. The fourth-order valence-corrected chi connectivity index (χ4v) is 0.532. The van der Waals surface area contributed by atoms with Gasteiger partial charge in [0.1, 0.15) is 6.54 Å². The normalized spacial score (nSPS) is 8.89. The zero-order valence-corrected chi connectivity index (χ0v) is 5.07. The molecule has 9 heavy (non-hydrogen) atoms. The Labute approximate surface area is 52.7 Å². The van der Waals surface area contributed by atoms with Crippen LogP contribution in [0.1, 0.15) is 5.69 Å². The van der Waals surface area contributed by atoms with Crippen LogP contribution in [0.25, 0.3) is 0 Å². The van der Waals surface area contributed by atoms with Crippen LogP contribution < -0.4 is 0 Å². The molecule has 0 aromatic carbocycles. The Morgan fingerprint density at radius 2 is 2.67 bits per heavy atom. The van der Waals surface area contributed by atoms with Gasteiger partial charge in [-0.25, -0.2) is 4.68 Å². The summed E-state index contributed by atoms with van der Waals surface area (Å²) < 4.78 is 1.54. The lowest BCUT2D eigenvalue weighted by Gasteiger charge is -1.90. The predicted octanol–water partition coefficient (Wildman–Crippen LogP) is 0.110. The fourth-order valence-electron chi connectivity index (χ4n) is 0.532. The molecule has 0 atom stereocenters. The van der Waals surface area contributed by atoms with Gasteiger partial charge in [0.05, 0.1) is 18.0 Å². The molecule has 0 aliphatic rings. The molecule has 1 heterocycles. The molecular formula is C5H6N4. The third kappa shape index (κ3) is 1.05. The minimum absolute atomic E-state index is 0.284. The van der Waals surface area contributed by atoms with E-state index in [1.165, 1.54) is 0 Å². The zero-order chi connectivity index (χ0) is 6.69. The molecule has 0 bridgehead atoms. The maximum Gasteiger partial charge on any atom is 0.130 e. The van der Waals surface area contributed by atoms with Gasteiger partial charge in [-0.1, -0.05) is 5.21 Å². The standard InChI is InChI=1S/C5H6N4/c1-5-4-7-8-9(5)3-2-6/h4H,3H2,1H3. The van der Waals surface area contributed by atoms with Gasteiger partial charge in [0.15, 0.2) is 0 Å². The molecule has 0 aliphatic heterocycles. The zero-order valence-electron chi connectivity index (χ0n) is 5.07. The topological polar surface area (TPSA) is 54.5 Å². The molecule has 0 saturated carbocycles. The van der Waals surface area contributed by atoms with E-state index in [0.717, 1.165) is 5.69 Å². The van der Waals surface area contributed by atoms with Crippen molar-refractivity contribution < 1.29 is 0 Å². The van der Waals surface area contributed by atoms with Crippen molar-refractivity contribution in [3.8, 4) is 6.07 Å². The maximum absolute atomic E-state index is 8.22. The van der Waals surface area contributed by atoms with E-state index < -0.39 is 0 Å². The van der Waals surface area contributed by atoms with Crippen molar-refractivity contribution >= 4 is 0 Å². The lowest BCUT2D eigenvalue weighted by Crippen LogP contribution is -1.99. The van der Waals surface area contributed by atoms with Gasteiger partial charge < -0.3 is 0 Å². The molecule has 4 nitrogen and oxygen atoms in total. The van der Waals surface area contributed by atoms with E-state index in [0.29, 0.717) is 0 Å². The molecule has 0 radical (unpaired) electrons. The van der Waals surface area contributed by atoms with Crippen molar-refractivity contribution in [1.82, 2.24) is 15.0 Å². The fraction of sp³-hybridized carbons (Fsp3) is 0.400. The van der Waals surface area contributed by atoms with Crippen molar-refractivity contribution in [2.75, 3.05) is 0 Å². The molecular weight excluding hydrogens is 116 g/mol. The minimum Gasteiger partial charge on any atom is -0.236 e. The van der Waals surface area contributed by atoms with Crippen LogP contribution in [-0.4, -0.2) is 15.0 Å². The Hall–Kier alpha value is -1.37. The van der Waals surface area contributed by atoms with Crippen molar-refractivity contribution in [2.24, 2.45) is 0 Å². The summed E-state index contributed by atoms with van der Waals surface area (Å²) in [7, 11) is 0. The summed E-state index contributed by atoms with van der Waals surface area (Å²) >= 11 is 0. The molecule has 1 aromatic rings. The van der Waals surface area contributed by atoms with Crippen molar-refractivity contribution in [3.05, 3.63) is 11.9 Å². The summed E-state index contributed by atoms with van der Waals surface area (Å²) in [4.78, 5) is 0. The SMILES string of the molecule is Cc1cnnn1CC#N. The van der Waals surface area contributed by atoms with Gasteiger partial charge in [-0.2, -0.15) is 5.26 Å². The maximum atomic E-state index is 8.22. The Kier molecular flexibility index (Phi) is 1.45. The van der Waals surface area contributed by atoms with Gasteiger partial charge in [0.2, 0.25) is 0 Å². The third-order valence-corrected chi connectivity index (χ3v) is 1.03. The monoisotopic (exact) mass is 122 g/mol. The van der Waals surface area contributed by atoms with Crippen molar-refractivity contribution in [3.63, 3.8) is 0 Å². The van der Waals surface area contributed by atoms with Crippen LogP contribution in [0.3, 0.4) is 0 Å². The van der Waals surface area contributed by atoms with E-state index in [-0.39, 0.29) is 6.54 Å². The molecule has 1 rings (SSSR count). The molecule has 1 aromatic heterocycles. The molecule has 0 spiro atoms. The Bertz CT molecular complexity index is 231. The van der Waals surface area contributed by atoms with Crippen molar-refractivity contribution in [2.45, 2.75) is 13.5 Å². The average Bonchev–Trinajstić information content (AvgIpc) is 2.18. The molecule has 0 saturated heterocycles. The highest BCUT2D eigenvalue weighted by Crippen LogP contribution is 1.89. The molecule has 0 unspecified atom stereocenters. The van der Waals surface area contributed by atoms with Crippen LogP contribution in [0.15, 0.2) is 6.20 Å². The first kappa shape index (κ1) is 5.76. The minimum atomic E-state index is 0.284. The van der Waals surface area contributed by atoms with Gasteiger partial charge in [-0.3, -0.25) is 0 Å². The number of hydrogen-bond donors (Lipinski definition) is 0. The highest BCUT2D eigenvalue weighted by atomic mass is 15.4. The molecule has 46 valence electrons. The van der Waals surface area contributed by atoms with Gasteiger partial charge in [0, 0.05) is 0 Å². The summed E-state index contributed by atoms with van der Waals surface area (Å²) in [5, 5.41) is 15.5. The first-order valence-corrected chi connectivity index (χ1v) is 2.56. The van der Waals surface area contributed by atoms with Gasteiger partial charge in [0.25, 0.3) is 0 Å². The van der Waals surface area contributed by atoms with Crippen molar-refractivity contribution in [1.29, 1.82) is 5.26 Å². The Balaban J connectivity index is 2.84. The van der Waals surface area contributed by atoms with Gasteiger partial charge in [-0.05, 0) is 6.92 Å². The number of aromatic nitrogens is 3. The summed E-state index contributed by atoms with van der Waals surface area (Å²) in [6, 6.07) is 1.97. The number of hydrogen-bond acceptors (Lipinski definition) is 3. The lowest BCUT2D eigenvalue weighted by molar-refractivity contribution is 0.651. The summed E-state index contributed by atoms with van der Waals surface area (Å²) in [5.74, 6) is 0. The third-order valence-electron chi connectivity index (χ3n) is 1.03. The second kappa shape index (κ2) is 2.27. The Morgan fingerprint density at radius 3 is 3.11 bits per heavy atom. The van der Waals surface area contributed by atoms with Crippen LogP contribution in [0.5, 0.6) is 0 Å². The van der Waals surface area contributed by atoms with Gasteiger partial charge >= 0.3 is 0 Å². The summed E-state index contributed by atoms with van der Waals surface area (Å²) in [5.41, 5.74) is 0.913. The molecule has 0 aliphatic carbocycles. The largest absolute Gasteiger partial charge is 0.236 e. The van der Waals surface area contributed by atoms with Crippen LogP contribution in [0.2, 0.25) is 0 Å². The first-order chi connectivity index (χ1) is 4.34. The highest BCUT2D eigenvalue weighted by molar-refractivity contribution is 4.90. The van der Waals surface area contributed by atoms with E-state index in [4.69, 9.17) is 5.26 Å². The lowest BCUT2D eigenvalue weighted by atomic mass is 10.5. The molecule has 0 amide bonds. The number of nitrogens with zero attached hydrogens (tertiary/aromatic N) is 4.